The number of phenolic OH excluding ortho intramolecular Hbond substituents is 1. The molecule has 8 nitrogen and oxygen atoms in total. The van der Waals surface area contributed by atoms with E-state index < -0.39 is 22.3 Å². The van der Waals surface area contributed by atoms with E-state index in [-0.39, 0.29) is 11.5 Å². The minimum absolute atomic E-state index is 0.0866. The second kappa shape index (κ2) is 5.17. The molecule has 8 heteroatoms. The first-order valence-electron chi connectivity index (χ1n) is 6.28. The number of imidazole rings is 1. The lowest BCUT2D eigenvalue weighted by Gasteiger charge is -2.02. The number of aromatic nitrogens is 2. The Labute approximate surface area is 123 Å². The topological polar surface area (TPSA) is 121 Å². The Balaban J connectivity index is 1.85. The summed E-state index contributed by atoms with van der Waals surface area (Å²) in [6.45, 7) is 0. The van der Waals surface area contributed by atoms with Crippen molar-refractivity contribution in [2.75, 3.05) is 5.32 Å². The Morgan fingerprint density at radius 1 is 1.27 bits per heavy atom. The molecular formula is C14H10N4O4. The smallest absolute Gasteiger partial charge is 0.310 e. The second-order valence-corrected chi connectivity index (χ2v) is 4.52. The summed E-state index contributed by atoms with van der Waals surface area (Å²) in [4.78, 5) is 29.1. The fourth-order valence-electron chi connectivity index (χ4n) is 2.01. The molecule has 110 valence electrons. The summed E-state index contributed by atoms with van der Waals surface area (Å²) < 4.78 is 0. The lowest BCUT2D eigenvalue weighted by Crippen LogP contribution is -2.12. The van der Waals surface area contributed by atoms with Gasteiger partial charge < -0.3 is 10.1 Å². The Bertz CT molecular complexity index is 854. The third-order valence-electron chi connectivity index (χ3n) is 3.06. The van der Waals surface area contributed by atoms with Crippen molar-refractivity contribution in [1.29, 1.82) is 0 Å². The van der Waals surface area contributed by atoms with Crippen molar-refractivity contribution in [2.45, 2.75) is 0 Å². The van der Waals surface area contributed by atoms with Crippen molar-refractivity contribution < 1.29 is 14.8 Å². The molecule has 0 bridgehead atoms. The van der Waals surface area contributed by atoms with Gasteiger partial charge >= 0.3 is 5.69 Å². The highest BCUT2D eigenvalue weighted by Crippen LogP contribution is 2.26. The molecule has 0 aliphatic rings. The normalized spacial score (nSPS) is 10.5. The molecule has 0 spiro atoms. The van der Waals surface area contributed by atoms with Crippen molar-refractivity contribution >= 4 is 28.6 Å². The molecule has 0 radical (unpaired) electrons. The van der Waals surface area contributed by atoms with E-state index in [4.69, 9.17) is 0 Å². The zero-order chi connectivity index (χ0) is 15.7. The van der Waals surface area contributed by atoms with E-state index >= 15 is 0 Å². The number of phenols is 1. The number of nitro benzene ring substituents is 1. The zero-order valence-corrected chi connectivity index (χ0v) is 11.1. The summed E-state index contributed by atoms with van der Waals surface area (Å²) >= 11 is 0. The van der Waals surface area contributed by atoms with Crippen LogP contribution in [0.1, 0.15) is 10.4 Å². The minimum Gasteiger partial charge on any atom is -0.502 e. The van der Waals surface area contributed by atoms with E-state index in [1.54, 1.807) is 6.07 Å². The number of carbonyl (C=O) groups excluding carboxylic acids is 1. The number of benzene rings is 2. The van der Waals surface area contributed by atoms with Gasteiger partial charge in [-0.3, -0.25) is 20.2 Å². The van der Waals surface area contributed by atoms with E-state index in [1.807, 2.05) is 18.2 Å². The van der Waals surface area contributed by atoms with Crippen LogP contribution in [0.15, 0.2) is 42.5 Å². The summed E-state index contributed by atoms with van der Waals surface area (Å²) in [5.41, 5.74) is 1.09. The lowest BCUT2D eigenvalue weighted by atomic mass is 10.2. The van der Waals surface area contributed by atoms with Gasteiger partial charge in [-0.05, 0) is 24.3 Å². The lowest BCUT2D eigenvalue weighted by molar-refractivity contribution is -0.385. The van der Waals surface area contributed by atoms with Crippen molar-refractivity contribution in [3.8, 4) is 5.75 Å². The monoisotopic (exact) mass is 298 g/mol. The fourth-order valence-corrected chi connectivity index (χ4v) is 2.01. The number of nitrogens with zero attached hydrogens (tertiary/aromatic N) is 2. The Morgan fingerprint density at radius 3 is 2.73 bits per heavy atom. The highest BCUT2D eigenvalue weighted by Gasteiger charge is 2.16. The van der Waals surface area contributed by atoms with Crippen LogP contribution in [-0.2, 0) is 0 Å². The summed E-state index contributed by atoms with van der Waals surface area (Å²) in [6, 6.07) is 10.6. The van der Waals surface area contributed by atoms with Crippen LogP contribution in [0, 0.1) is 10.1 Å². The van der Waals surface area contributed by atoms with E-state index in [0.717, 1.165) is 17.6 Å². The molecule has 0 atom stereocenters. The maximum atomic E-state index is 12.1. The van der Waals surface area contributed by atoms with E-state index in [2.05, 4.69) is 15.3 Å². The average molecular weight is 298 g/mol. The van der Waals surface area contributed by atoms with Crippen molar-refractivity contribution in [3.63, 3.8) is 0 Å². The molecule has 0 fully saturated rings. The van der Waals surface area contributed by atoms with Crippen LogP contribution < -0.4 is 5.32 Å². The van der Waals surface area contributed by atoms with Crippen molar-refractivity contribution in [2.24, 2.45) is 0 Å². The van der Waals surface area contributed by atoms with Gasteiger partial charge in [-0.15, -0.1) is 0 Å². The third kappa shape index (κ3) is 2.44. The van der Waals surface area contributed by atoms with Gasteiger partial charge in [-0.1, -0.05) is 12.1 Å². The maximum absolute atomic E-state index is 12.1. The first-order valence-corrected chi connectivity index (χ1v) is 6.28. The molecule has 0 aliphatic carbocycles. The Morgan fingerprint density at radius 2 is 2.05 bits per heavy atom. The van der Waals surface area contributed by atoms with Gasteiger partial charge in [-0.2, -0.15) is 0 Å². The van der Waals surface area contributed by atoms with Crippen molar-refractivity contribution in [3.05, 3.63) is 58.1 Å². The molecule has 0 saturated heterocycles. The van der Waals surface area contributed by atoms with Gasteiger partial charge in [0.2, 0.25) is 5.95 Å². The first kappa shape index (κ1) is 13.6. The number of rotatable bonds is 3. The van der Waals surface area contributed by atoms with Crippen LogP contribution in [0.4, 0.5) is 11.6 Å². The highest BCUT2D eigenvalue weighted by molar-refractivity contribution is 6.04. The number of aromatic hydroxyl groups is 1. The van der Waals surface area contributed by atoms with Crippen LogP contribution in [0.25, 0.3) is 11.0 Å². The van der Waals surface area contributed by atoms with Crippen LogP contribution in [-0.4, -0.2) is 25.9 Å². The van der Waals surface area contributed by atoms with Crippen LogP contribution in [0.5, 0.6) is 5.75 Å². The van der Waals surface area contributed by atoms with E-state index in [9.17, 15) is 20.0 Å². The van der Waals surface area contributed by atoms with Crippen molar-refractivity contribution in [1.82, 2.24) is 9.97 Å². The van der Waals surface area contributed by atoms with Crippen LogP contribution >= 0.6 is 0 Å². The quantitative estimate of drug-likeness (QED) is 0.506. The molecule has 3 rings (SSSR count). The molecule has 0 unspecified atom stereocenters. The van der Waals surface area contributed by atoms with E-state index in [1.165, 1.54) is 6.07 Å². The van der Waals surface area contributed by atoms with Gasteiger partial charge in [0.05, 0.1) is 16.0 Å². The molecule has 22 heavy (non-hydrogen) atoms. The summed E-state index contributed by atoms with van der Waals surface area (Å²) in [7, 11) is 0. The Kier molecular flexibility index (Phi) is 3.18. The second-order valence-electron chi connectivity index (χ2n) is 4.52. The predicted octanol–water partition coefficient (Wildman–Crippen LogP) is 2.43. The minimum atomic E-state index is -0.726. The van der Waals surface area contributed by atoms with Gasteiger partial charge in [0.25, 0.3) is 5.91 Å². The first-order chi connectivity index (χ1) is 10.5. The standard InChI is InChI=1S/C14H10N4O4/c19-12-7-8(5-6-11(12)18(21)22)13(20)17-14-15-9-3-1-2-4-10(9)16-14/h1-7,19H,(H2,15,16,17,20). The molecule has 1 aromatic heterocycles. The number of nitrogens with one attached hydrogen (secondary N) is 2. The SMILES string of the molecule is O=C(Nc1nc2ccccc2[nH]1)c1ccc([N+](=O)[O-])c(O)c1. The number of carbonyl (C=O) groups is 1. The highest BCUT2D eigenvalue weighted by atomic mass is 16.6. The number of amides is 1. The molecule has 2 aromatic carbocycles. The fraction of sp³-hybridized carbons (Fsp3) is 0. The van der Waals surface area contributed by atoms with Gasteiger partial charge in [0.15, 0.2) is 5.75 Å². The zero-order valence-electron chi connectivity index (χ0n) is 11.1. The van der Waals surface area contributed by atoms with Crippen LogP contribution in [0.3, 0.4) is 0 Å². The molecule has 0 aliphatic heterocycles. The third-order valence-corrected chi connectivity index (χ3v) is 3.06. The number of para-hydroxylation sites is 2. The molecular weight excluding hydrogens is 288 g/mol. The number of anilines is 1. The summed E-state index contributed by atoms with van der Waals surface area (Å²) in [6.07, 6.45) is 0. The maximum Gasteiger partial charge on any atom is 0.310 e. The number of fused-ring (bicyclic) bond motifs is 1. The number of hydrogen-bond acceptors (Lipinski definition) is 5. The van der Waals surface area contributed by atoms with Gasteiger partial charge in [-0.25, -0.2) is 4.98 Å². The van der Waals surface area contributed by atoms with E-state index in [0.29, 0.717) is 5.52 Å². The Hall–Kier alpha value is -3.42. The van der Waals surface area contributed by atoms with Gasteiger partial charge in [0.1, 0.15) is 0 Å². The van der Waals surface area contributed by atoms with Gasteiger partial charge in [0, 0.05) is 11.6 Å². The number of hydrogen-bond donors (Lipinski definition) is 3. The number of aromatic amines is 1. The average Bonchev–Trinajstić information content (AvgIpc) is 2.88. The molecule has 3 N–H and O–H groups in total. The number of nitro groups is 1. The summed E-state index contributed by atoms with van der Waals surface area (Å²) in [5, 5.41) is 22.7. The predicted molar refractivity (Wildman–Crippen MR) is 78.8 cm³/mol. The molecule has 1 heterocycles. The number of H-pyrrole nitrogens is 1. The summed E-state index contributed by atoms with van der Waals surface area (Å²) in [5.74, 6) is -0.851. The molecule has 3 aromatic rings. The van der Waals surface area contributed by atoms with Crippen LogP contribution in [0.2, 0.25) is 0 Å². The molecule has 0 saturated carbocycles. The molecule has 1 amide bonds. The largest absolute Gasteiger partial charge is 0.502 e.